The number of rotatable bonds is 5. The number of nitrogens with zero attached hydrogens (tertiary/aromatic N) is 2. The van der Waals surface area contributed by atoms with Gasteiger partial charge in [0, 0.05) is 18.6 Å². The first-order chi connectivity index (χ1) is 9.26. The highest BCUT2D eigenvalue weighted by atomic mass is 19.1. The van der Waals surface area contributed by atoms with Crippen molar-refractivity contribution >= 4 is 5.96 Å². The number of aliphatic imine (C=N–C) groups is 1. The van der Waals surface area contributed by atoms with E-state index in [9.17, 15) is 4.39 Å². The van der Waals surface area contributed by atoms with Crippen molar-refractivity contribution in [1.82, 2.24) is 10.2 Å². The van der Waals surface area contributed by atoms with Gasteiger partial charge in [0.2, 0.25) is 0 Å². The molecule has 0 radical (unpaired) electrons. The summed E-state index contributed by atoms with van der Waals surface area (Å²) in [6.07, 6.45) is 0. The number of halogens is 1. The Kier molecular flexibility index (Phi) is 5.95. The normalized spacial score (nSPS) is 12.8. The van der Waals surface area contributed by atoms with E-state index in [-0.39, 0.29) is 11.4 Å². The topological polar surface area (TPSA) is 53.6 Å². The van der Waals surface area contributed by atoms with Crippen molar-refractivity contribution in [1.29, 1.82) is 0 Å². The van der Waals surface area contributed by atoms with E-state index in [2.05, 4.69) is 15.2 Å². The maximum absolute atomic E-state index is 12.8. The fraction of sp³-hybridized carbons (Fsp3) is 0.533. The van der Waals surface area contributed by atoms with Gasteiger partial charge in [-0.25, -0.2) is 4.39 Å². The summed E-state index contributed by atoms with van der Waals surface area (Å²) < 4.78 is 12.8. The lowest BCUT2D eigenvalue weighted by atomic mass is 10.1. The standard InChI is InChI=1S/C15H25FN4/c1-15(2,3)19-14(17)18-9-10-20(4)11-12-5-7-13(16)8-6-12/h5-8H,9-11H2,1-4H3,(H3,17,18,19). The second-order valence-corrected chi connectivity index (χ2v) is 6.01. The van der Waals surface area contributed by atoms with Crippen LogP contribution >= 0.6 is 0 Å². The Morgan fingerprint density at radius 1 is 1.30 bits per heavy atom. The summed E-state index contributed by atoms with van der Waals surface area (Å²) in [6.45, 7) is 8.31. The van der Waals surface area contributed by atoms with Gasteiger partial charge in [-0.1, -0.05) is 12.1 Å². The van der Waals surface area contributed by atoms with Crippen molar-refractivity contribution in [2.75, 3.05) is 20.1 Å². The van der Waals surface area contributed by atoms with Crippen molar-refractivity contribution < 1.29 is 4.39 Å². The maximum atomic E-state index is 12.8. The molecule has 0 unspecified atom stereocenters. The highest BCUT2D eigenvalue weighted by Crippen LogP contribution is 2.05. The molecule has 112 valence electrons. The molecule has 0 atom stereocenters. The summed E-state index contributed by atoms with van der Waals surface area (Å²) in [7, 11) is 2.01. The summed E-state index contributed by atoms with van der Waals surface area (Å²) in [5.74, 6) is 0.259. The number of nitrogens with one attached hydrogen (secondary N) is 1. The second kappa shape index (κ2) is 7.24. The number of benzene rings is 1. The number of likely N-dealkylation sites (N-methyl/N-ethyl adjacent to an activating group) is 1. The molecule has 0 aromatic heterocycles. The minimum atomic E-state index is -0.206. The van der Waals surface area contributed by atoms with Crippen LogP contribution in [-0.2, 0) is 6.54 Å². The monoisotopic (exact) mass is 280 g/mol. The van der Waals surface area contributed by atoms with E-state index >= 15 is 0 Å². The molecule has 1 aromatic carbocycles. The first-order valence-corrected chi connectivity index (χ1v) is 6.77. The Bertz CT molecular complexity index is 434. The van der Waals surface area contributed by atoms with Crippen LogP contribution in [0.3, 0.4) is 0 Å². The van der Waals surface area contributed by atoms with Gasteiger partial charge < -0.3 is 16.0 Å². The van der Waals surface area contributed by atoms with Crippen LogP contribution in [0.4, 0.5) is 4.39 Å². The Hall–Kier alpha value is -1.62. The van der Waals surface area contributed by atoms with Crippen molar-refractivity contribution in [3.05, 3.63) is 35.6 Å². The molecule has 1 rings (SSSR count). The smallest absolute Gasteiger partial charge is 0.189 e. The van der Waals surface area contributed by atoms with E-state index in [1.165, 1.54) is 12.1 Å². The third-order valence-corrected chi connectivity index (χ3v) is 2.63. The van der Waals surface area contributed by atoms with E-state index < -0.39 is 0 Å². The van der Waals surface area contributed by atoms with Crippen LogP contribution in [0.25, 0.3) is 0 Å². The molecule has 3 N–H and O–H groups in total. The molecular formula is C15H25FN4. The van der Waals surface area contributed by atoms with Crippen molar-refractivity contribution in [2.24, 2.45) is 10.7 Å². The molecule has 0 aliphatic carbocycles. The third kappa shape index (κ3) is 7.09. The van der Waals surface area contributed by atoms with E-state index in [0.717, 1.165) is 18.7 Å². The predicted molar refractivity (Wildman–Crippen MR) is 82.1 cm³/mol. The Morgan fingerprint density at radius 2 is 1.90 bits per heavy atom. The minimum absolute atomic E-state index is 0.0758. The largest absolute Gasteiger partial charge is 0.370 e. The van der Waals surface area contributed by atoms with Gasteiger partial charge in [-0.3, -0.25) is 4.99 Å². The second-order valence-electron chi connectivity index (χ2n) is 6.01. The van der Waals surface area contributed by atoms with Crippen LogP contribution in [-0.4, -0.2) is 36.5 Å². The molecule has 0 heterocycles. The highest BCUT2D eigenvalue weighted by molar-refractivity contribution is 5.78. The Labute approximate surface area is 120 Å². The Morgan fingerprint density at radius 3 is 2.45 bits per heavy atom. The molecule has 4 nitrogen and oxygen atoms in total. The van der Waals surface area contributed by atoms with Crippen LogP contribution in [0.5, 0.6) is 0 Å². The van der Waals surface area contributed by atoms with Crippen LogP contribution in [0, 0.1) is 5.82 Å². The number of hydrogen-bond acceptors (Lipinski definition) is 2. The molecule has 0 saturated heterocycles. The molecule has 0 spiro atoms. The molecule has 0 aliphatic heterocycles. The summed E-state index contributed by atoms with van der Waals surface area (Å²) in [5.41, 5.74) is 6.80. The first kappa shape index (κ1) is 16.4. The zero-order valence-electron chi connectivity index (χ0n) is 12.8. The van der Waals surface area contributed by atoms with Gasteiger partial charge in [0.15, 0.2) is 5.96 Å². The number of nitrogens with two attached hydrogens (primary N) is 1. The molecular weight excluding hydrogens is 255 g/mol. The quantitative estimate of drug-likeness (QED) is 0.640. The van der Waals surface area contributed by atoms with Crippen LogP contribution < -0.4 is 11.1 Å². The SMILES string of the molecule is CN(CCN=C(N)NC(C)(C)C)Cc1ccc(F)cc1. The lowest BCUT2D eigenvalue weighted by Crippen LogP contribution is -2.45. The van der Waals surface area contributed by atoms with Crippen molar-refractivity contribution in [2.45, 2.75) is 32.9 Å². The van der Waals surface area contributed by atoms with Gasteiger partial charge in [-0.15, -0.1) is 0 Å². The average molecular weight is 280 g/mol. The molecule has 0 bridgehead atoms. The molecule has 0 fully saturated rings. The first-order valence-electron chi connectivity index (χ1n) is 6.77. The van der Waals surface area contributed by atoms with Gasteiger partial charge in [-0.2, -0.15) is 0 Å². The summed E-state index contributed by atoms with van der Waals surface area (Å²) in [4.78, 5) is 6.41. The fourth-order valence-electron chi connectivity index (χ4n) is 1.75. The maximum Gasteiger partial charge on any atom is 0.189 e. The predicted octanol–water partition coefficient (Wildman–Crippen LogP) is 1.96. The molecule has 0 saturated carbocycles. The Balaban J connectivity index is 2.34. The lowest BCUT2D eigenvalue weighted by molar-refractivity contribution is 0.336. The minimum Gasteiger partial charge on any atom is -0.370 e. The fourth-order valence-corrected chi connectivity index (χ4v) is 1.75. The average Bonchev–Trinajstić information content (AvgIpc) is 2.29. The summed E-state index contributed by atoms with van der Waals surface area (Å²) >= 11 is 0. The number of guanidine groups is 1. The van der Waals surface area contributed by atoms with Gasteiger partial charge in [0.25, 0.3) is 0 Å². The summed E-state index contributed by atoms with van der Waals surface area (Å²) in [5, 5.41) is 3.12. The van der Waals surface area contributed by atoms with E-state index in [0.29, 0.717) is 12.5 Å². The van der Waals surface area contributed by atoms with E-state index in [1.54, 1.807) is 12.1 Å². The molecule has 5 heteroatoms. The van der Waals surface area contributed by atoms with E-state index in [1.807, 2.05) is 27.8 Å². The number of hydrogen-bond donors (Lipinski definition) is 2. The highest BCUT2D eigenvalue weighted by Gasteiger charge is 2.09. The lowest BCUT2D eigenvalue weighted by Gasteiger charge is -2.21. The molecule has 20 heavy (non-hydrogen) atoms. The van der Waals surface area contributed by atoms with Gasteiger partial charge >= 0.3 is 0 Å². The zero-order chi connectivity index (χ0) is 15.2. The van der Waals surface area contributed by atoms with Crippen molar-refractivity contribution in [3.63, 3.8) is 0 Å². The van der Waals surface area contributed by atoms with Crippen LogP contribution in [0.2, 0.25) is 0 Å². The molecule has 0 amide bonds. The van der Waals surface area contributed by atoms with Crippen LogP contribution in [0.1, 0.15) is 26.3 Å². The van der Waals surface area contributed by atoms with Gasteiger partial charge in [0.05, 0.1) is 6.54 Å². The van der Waals surface area contributed by atoms with Gasteiger partial charge in [-0.05, 0) is 45.5 Å². The van der Waals surface area contributed by atoms with Crippen LogP contribution in [0.15, 0.2) is 29.3 Å². The summed E-state index contributed by atoms with van der Waals surface area (Å²) in [6, 6.07) is 6.55. The molecule has 0 aliphatic rings. The third-order valence-electron chi connectivity index (χ3n) is 2.63. The zero-order valence-corrected chi connectivity index (χ0v) is 12.8. The van der Waals surface area contributed by atoms with Gasteiger partial charge in [0.1, 0.15) is 5.82 Å². The van der Waals surface area contributed by atoms with Crippen molar-refractivity contribution in [3.8, 4) is 0 Å². The molecule has 1 aromatic rings. The van der Waals surface area contributed by atoms with E-state index in [4.69, 9.17) is 5.73 Å².